The normalized spacial score (nSPS) is 8.77. The van der Waals surface area contributed by atoms with E-state index in [1.165, 1.54) is 5.56 Å². The zero-order valence-electron chi connectivity index (χ0n) is 8.13. The van der Waals surface area contributed by atoms with Gasteiger partial charge in [-0.1, -0.05) is 25.0 Å². The molecule has 0 amide bonds. The molecular formula is C12H14O. The maximum Gasteiger partial charge on any atom is 0.118 e. The minimum atomic E-state index is 0.831. The smallest absolute Gasteiger partial charge is 0.118 e. The van der Waals surface area contributed by atoms with Crippen molar-refractivity contribution in [2.24, 2.45) is 0 Å². The van der Waals surface area contributed by atoms with E-state index < -0.39 is 0 Å². The summed E-state index contributed by atoms with van der Waals surface area (Å²) in [6.07, 6.45) is 1.76. The van der Waals surface area contributed by atoms with Crippen LogP contribution < -0.4 is 4.74 Å². The fourth-order valence-corrected chi connectivity index (χ4v) is 1.03. The highest BCUT2D eigenvalue weighted by atomic mass is 16.5. The topological polar surface area (TPSA) is 9.23 Å². The predicted molar refractivity (Wildman–Crippen MR) is 54.8 cm³/mol. The molecule has 0 atom stereocenters. The molecule has 1 heteroatoms. The molecule has 0 unspecified atom stereocenters. The zero-order chi connectivity index (χ0) is 9.52. The Morgan fingerprint density at radius 2 is 1.85 bits per heavy atom. The Hall–Kier alpha value is -1.42. The second kappa shape index (κ2) is 5.27. The van der Waals surface area contributed by atoms with Crippen LogP contribution in [-0.2, 0) is 6.42 Å². The first kappa shape index (κ1) is 9.67. The lowest BCUT2D eigenvalue weighted by atomic mass is 10.1. The molecule has 1 nitrogen and oxygen atoms in total. The van der Waals surface area contributed by atoms with E-state index in [-0.39, 0.29) is 0 Å². The van der Waals surface area contributed by atoms with Gasteiger partial charge in [-0.25, -0.2) is 0 Å². The van der Waals surface area contributed by atoms with E-state index in [0.717, 1.165) is 18.6 Å². The van der Waals surface area contributed by atoms with Crippen molar-refractivity contribution >= 4 is 0 Å². The standard InChI is InChI=1S/C12H14O/c1-3-4-5-6-11-7-9-12(13-2)10-8-11/h7-10H,3,6H2,1-2H3. The lowest BCUT2D eigenvalue weighted by molar-refractivity contribution is 0.414. The second-order valence-electron chi connectivity index (χ2n) is 2.73. The summed E-state index contributed by atoms with van der Waals surface area (Å²) in [4.78, 5) is 0. The summed E-state index contributed by atoms with van der Waals surface area (Å²) in [5.74, 6) is 7.04. The maximum atomic E-state index is 5.06. The van der Waals surface area contributed by atoms with Crippen molar-refractivity contribution in [2.75, 3.05) is 7.11 Å². The van der Waals surface area contributed by atoms with E-state index in [4.69, 9.17) is 4.74 Å². The summed E-state index contributed by atoms with van der Waals surface area (Å²) >= 11 is 0. The number of hydrogen-bond donors (Lipinski definition) is 0. The monoisotopic (exact) mass is 174 g/mol. The van der Waals surface area contributed by atoms with Crippen LogP contribution in [0, 0.1) is 11.8 Å². The molecule has 0 saturated carbocycles. The average Bonchev–Trinajstić information content (AvgIpc) is 2.19. The maximum absolute atomic E-state index is 5.06. The largest absolute Gasteiger partial charge is 0.497 e. The van der Waals surface area contributed by atoms with Gasteiger partial charge in [-0.05, 0) is 17.7 Å². The van der Waals surface area contributed by atoms with E-state index in [1.54, 1.807) is 7.11 Å². The van der Waals surface area contributed by atoms with Gasteiger partial charge >= 0.3 is 0 Å². The van der Waals surface area contributed by atoms with Gasteiger partial charge in [0.05, 0.1) is 7.11 Å². The molecule has 0 aliphatic carbocycles. The van der Waals surface area contributed by atoms with Gasteiger partial charge in [0.2, 0.25) is 0 Å². The Balaban J connectivity index is 2.59. The molecule has 0 aromatic heterocycles. The number of rotatable bonds is 2. The van der Waals surface area contributed by atoms with Crippen molar-refractivity contribution < 1.29 is 4.74 Å². The first-order valence-electron chi connectivity index (χ1n) is 4.45. The molecular weight excluding hydrogens is 160 g/mol. The van der Waals surface area contributed by atoms with Gasteiger partial charge in [0.1, 0.15) is 5.75 Å². The van der Waals surface area contributed by atoms with Gasteiger partial charge < -0.3 is 4.74 Å². The van der Waals surface area contributed by atoms with Crippen LogP contribution in [0.25, 0.3) is 0 Å². The fourth-order valence-electron chi connectivity index (χ4n) is 1.03. The van der Waals surface area contributed by atoms with Gasteiger partial charge in [0, 0.05) is 12.8 Å². The summed E-state index contributed by atoms with van der Waals surface area (Å²) < 4.78 is 5.06. The Morgan fingerprint density at radius 3 is 2.38 bits per heavy atom. The molecule has 0 aliphatic heterocycles. The van der Waals surface area contributed by atoms with Gasteiger partial charge in [-0.2, -0.15) is 0 Å². The van der Waals surface area contributed by atoms with E-state index in [1.807, 2.05) is 24.3 Å². The molecule has 13 heavy (non-hydrogen) atoms. The molecule has 1 aromatic rings. The minimum Gasteiger partial charge on any atom is -0.497 e. The Kier molecular flexibility index (Phi) is 3.92. The third-order valence-electron chi connectivity index (χ3n) is 1.75. The molecule has 1 aromatic carbocycles. The molecule has 0 aliphatic rings. The Morgan fingerprint density at radius 1 is 1.15 bits per heavy atom. The van der Waals surface area contributed by atoms with Gasteiger partial charge in [-0.15, -0.1) is 5.92 Å². The SMILES string of the molecule is CCC#CCc1ccc(OC)cc1. The summed E-state index contributed by atoms with van der Waals surface area (Å²) in [6.45, 7) is 2.06. The third kappa shape index (κ3) is 3.21. The van der Waals surface area contributed by atoms with Gasteiger partial charge in [0.25, 0.3) is 0 Å². The van der Waals surface area contributed by atoms with Crippen LogP contribution in [0.4, 0.5) is 0 Å². The van der Waals surface area contributed by atoms with E-state index in [2.05, 4.69) is 18.8 Å². The summed E-state index contributed by atoms with van der Waals surface area (Å²) in [7, 11) is 1.67. The van der Waals surface area contributed by atoms with Crippen molar-refractivity contribution in [3.8, 4) is 17.6 Å². The average molecular weight is 174 g/mol. The molecule has 1 rings (SSSR count). The predicted octanol–water partition coefficient (Wildman–Crippen LogP) is 2.65. The molecule has 0 radical (unpaired) electrons. The quantitative estimate of drug-likeness (QED) is 0.626. The Labute approximate surface area is 79.7 Å². The van der Waals surface area contributed by atoms with E-state index >= 15 is 0 Å². The Bertz CT molecular complexity index is 300. The summed E-state index contributed by atoms with van der Waals surface area (Å²) in [5, 5.41) is 0. The summed E-state index contributed by atoms with van der Waals surface area (Å²) in [5.41, 5.74) is 1.24. The number of hydrogen-bond acceptors (Lipinski definition) is 1. The van der Waals surface area contributed by atoms with Crippen molar-refractivity contribution in [1.29, 1.82) is 0 Å². The van der Waals surface area contributed by atoms with Crippen molar-refractivity contribution in [2.45, 2.75) is 19.8 Å². The van der Waals surface area contributed by atoms with Gasteiger partial charge in [0.15, 0.2) is 0 Å². The van der Waals surface area contributed by atoms with Crippen LogP contribution in [-0.4, -0.2) is 7.11 Å². The highest BCUT2D eigenvalue weighted by Crippen LogP contribution is 2.11. The second-order valence-corrected chi connectivity index (χ2v) is 2.73. The van der Waals surface area contributed by atoms with Gasteiger partial charge in [-0.3, -0.25) is 0 Å². The number of ether oxygens (including phenoxy) is 1. The third-order valence-corrected chi connectivity index (χ3v) is 1.75. The van der Waals surface area contributed by atoms with Crippen molar-refractivity contribution in [3.05, 3.63) is 29.8 Å². The summed E-state index contributed by atoms with van der Waals surface area (Å²) in [6, 6.07) is 8.01. The van der Waals surface area contributed by atoms with Crippen LogP contribution in [0.3, 0.4) is 0 Å². The number of methoxy groups -OCH3 is 1. The first-order valence-corrected chi connectivity index (χ1v) is 4.45. The molecule has 0 fully saturated rings. The molecule has 0 bridgehead atoms. The van der Waals surface area contributed by atoms with Crippen LogP contribution in [0.2, 0.25) is 0 Å². The van der Waals surface area contributed by atoms with Crippen LogP contribution in [0.1, 0.15) is 18.9 Å². The van der Waals surface area contributed by atoms with Crippen LogP contribution in [0.5, 0.6) is 5.75 Å². The lowest BCUT2D eigenvalue weighted by Crippen LogP contribution is -1.84. The zero-order valence-corrected chi connectivity index (χ0v) is 8.13. The molecule has 0 N–H and O–H groups in total. The van der Waals surface area contributed by atoms with Crippen molar-refractivity contribution in [1.82, 2.24) is 0 Å². The first-order chi connectivity index (χ1) is 6.36. The van der Waals surface area contributed by atoms with Crippen LogP contribution in [0.15, 0.2) is 24.3 Å². The highest BCUT2D eigenvalue weighted by molar-refractivity contribution is 5.29. The number of benzene rings is 1. The lowest BCUT2D eigenvalue weighted by Gasteiger charge is -1.99. The van der Waals surface area contributed by atoms with Crippen molar-refractivity contribution in [3.63, 3.8) is 0 Å². The molecule has 0 spiro atoms. The highest BCUT2D eigenvalue weighted by Gasteiger charge is 1.90. The molecule has 0 saturated heterocycles. The minimum absolute atomic E-state index is 0.831. The van der Waals surface area contributed by atoms with E-state index in [9.17, 15) is 0 Å². The van der Waals surface area contributed by atoms with E-state index in [0.29, 0.717) is 0 Å². The fraction of sp³-hybridized carbons (Fsp3) is 0.333. The molecule has 68 valence electrons. The van der Waals surface area contributed by atoms with Crippen LogP contribution >= 0.6 is 0 Å². The molecule has 0 heterocycles.